The normalized spacial score (nSPS) is 15.6. The highest BCUT2D eigenvalue weighted by Crippen LogP contribution is 2.29. The Morgan fingerprint density at radius 2 is 1.86 bits per heavy atom. The van der Waals surface area contributed by atoms with Gasteiger partial charge in [-0.3, -0.25) is 0 Å². The molecule has 5 heteroatoms. The maximum atomic E-state index is 12.3. The topological polar surface area (TPSA) is 48.6 Å². The largest absolute Gasteiger partial charge is 0.415 e. The molecule has 1 aromatic carbocycles. The number of aromatic amines is 1. The Morgan fingerprint density at radius 3 is 2.55 bits per heavy atom. The zero-order chi connectivity index (χ0) is 20.6. The minimum Gasteiger partial charge on any atom is -0.408 e. The van der Waals surface area contributed by atoms with E-state index in [9.17, 15) is 4.79 Å². The monoisotopic (exact) mass is 399 g/mol. The van der Waals surface area contributed by atoms with Gasteiger partial charge in [0.25, 0.3) is 0 Å². The molecule has 1 aromatic heterocycles. The van der Waals surface area contributed by atoms with Gasteiger partial charge in [-0.15, -0.1) is 0 Å². The van der Waals surface area contributed by atoms with Crippen molar-refractivity contribution < 1.29 is 9.53 Å². The highest BCUT2D eigenvalue weighted by molar-refractivity contribution is 5.90. The number of amides is 1. The summed E-state index contributed by atoms with van der Waals surface area (Å²) in [4.78, 5) is 19.8. The molecule has 0 aliphatic heterocycles. The Balaban J connectivity index is 1.62. The molecule has 160 valence electrons. The maximum absolute atomic E-state index is 12.3. The summed E-state index contributed by atoms with van der Waals surface area (Å²) in [6, 6.07) is 5.94. The van der Waals surface area contributed by atoms with Crippen LogP contribution in [0.2, 0.25) is 0 Å². The summed E-state index contributed by atoms with van der Waals surface area (Å²) in [5.41, 5.74) is 2.16. The van der Waals surface area contributed by atoms with E-state index in [0.717, 1.165) is 29.9 Å². The van der Waals surface area contributed by atoms with Crippen LogP contribution in [-0.2, 0) is 6.54 Å². The fourth-order valence-corrected chi connectivity index (χ4v) is 4.47. The zero-order valence-corrected chi connectivity index (χ0v) is 18.4. The smallest absolute Gasteiger partial charge is 0.408 e. The Bertz CT molecular complexity index is 774. The SMILES string of the molecule is CCN(CC)C(=O)Oc1cccc2c(CN(C)CCC3CCCCCC3)c[nH]c12. The van der Waals surface area contributed by atoms with E-state index in [-0.39, 0.29) is 6.09 Å². The van der Waals surface area contributed by atoms with Crippen LogP contribution in [0, 0.1) is 5.92 Å². The van der Waals surface area contributed by atoms with Crippen molar-refractivity contribution in [3.63, 3.8) is 0 Å². The fourth-order valence-electron chi connectivity index (χ4n) is 4.47. The van der Waals surface area contributed by atoms with Gasteiger partial charge in [-0.05, 0) is 51.4 Å². The predicted octanol–water partition coefficient (Wildman–Crippen LogP) is 5.80. The first-order chi connectivity index (χ1) is 14.1. The van der Waals surface area contributed by atoms with Gasteiger partial charge >= 0.3 is 6.09 Å². The number of hydrogen-bond acceptors (Lipinski definition) is 3. The number of rotatable bonds is 8. The summed E-state index contributed by atoms with van der Waals surface area (Å²) in [6.45, 7) is 7.25. The molecule has 1 heterocycles. The molecule has 1 aliphatic carbocycles. The molecular formula is C24H37N3O2. The van der Waals surface area contributed by atoms with Crippen LogP contribution >= 0.6 is 0 Å². The number of ether oxygens (including phenoxy) is 1. The molecule has 1 N–H and O–H groups in total. The first kappa shape index (κ1) is 21.7. The van der Waals surface area contributed by atoms with Crippen molar-refractivity contribution in [2.75, 3.05) is 26.7 Å². The molecule has 29 heavy (non-hydrogen) atoms. The number of hydrogen-bond donors (Lipinski definition) is 1. The van der Waals surface area contributed by atoms with Crippen molar-refractivity contribution in [2.45, 2.75) is 65.3 Å². The van der Waals surface area contributed by atoms with E-state index in [1.807, 2.05) is 26.0 Å². The van der Waals surface area contributed by atoms with Crippen molar-refractivity contribution in [3.8, 4) is 5.75 Å². The zero-order valence-electron chi connectivity index (χ0n) is 18.4. The number of carbonyl (C=O) groups excluding carboxylic acids is 1. The van der Waals surface area contributed by atoms with Gasteiger partial charge in [-0.1, -0.05) is 50.7 Å². The lowest BCUT2D eigenvalue weighted by molar-refractivity contribution is 0.158. The second-order valence-corrected chi connectivity index (χ2v) is 8.42. The van der Waals surface area contributed by atoms with E-state index in [4.69, 9.17) is 4.74 Å². The quantitative estimate of drug-likeness (QED) is 0.571. The number of nitrogens with one attached hydrogen (secondary N) is 1. The third kappa shape index (κ3) is 5.75. The molecule has 0 bridgehead atoms. The van der Waals surface area contributed by atoms with E-state index in [1.54, 1.807) is 4.90 Å². The van der Waals surface area contributed by atoms with E-state index < -0.39 is 0 Å². The average Bonchev–Trinajstić information content (AvgIpc) is 2.95. The van der Waals surface area contributed by atoms with Gasteiger partial charge in [0.2, 0.25) is 0 Å². The van der Waals surface area contributed by atoms with Crippen molar-refractivity contribution in [3.05, 3.63) is 30.0 Å². The van der Waals surface area contributed by atoms with Crippen molar-refractivity contribution >= 4 is 17.0 Å². The standard InChI is InChI=1S/C24H37N3O2/c1-4-27(5-2)24(28)29-22-14-10-13-21-20(17-25-23(21)22)18-26(3)16-15-19-11-8-6-7-9-12-19/h10,13-14,17,19,25H,4-9,11-12,15-16,18H2,1-3H3. The van der Waals surface area contributed by atoms with Gasteiger partial charge in [0, 0.05) is 31.2 Å². The molecule has 2 aromatic rings. The van der Waals surface area contributed by atoms with Crippen LogP contribution in [0.4, 0.5) is 4.79 Å². The predicted molar refractivity (Wildman–Crippen MR) is 119 cm³/mol. The summed E-state index contributed by atoms with van der Waals surface area (Å²) < 4.78 is 5.67. The van der Waals surface area contributed by atoms with Crippen LogP contribution in [0.3, 0.4) is 0 Å². The number of benzene rings is 1. The number of fused-ring (bicyclic) bond motifs is 1. The van der Waals surface area contributed by atoms with E-state index >= 15 is 0 Å². The Kier molecular flexibility index (Phi) is 7.99. The van der Waals surface area contributed by atoms with Crippen LogP contribution in [-0.4, -0.2) is 47.6 Å². The third-order valence-electron chi connectivity index (χ3n) is 6.32. The lowest BCUT2D eigenvalue weighted by Gasteiger charge is -2.20. The minimum atomic E-state index is -0.292. The van der Waals surface area contributed by atoms with E-state index in [2.05, 4.69) is 29.2 Å². The fraction of sp³-hybridized carbons (Fsp3) is 0.625. The van der Waals surface area contributed by atoms with Gasteiger partial charge in [-0.2, -0.15) is 0 Å². The van der Waals surface area contributed by atoms with Crippen LogP contribution in [0.25, 0.3) is 10.9 Å². The molecule has 0 saturated heterocycles. The molecule has 1 amide bonds. The van der Waals surface area contributed by atoms with Crippen LogP contribution in [0.15, 0.2) is 24.4 Å². The average molecular weight is 400 g/mol. The first-order valence-corrected chi connectivity index (χ1v) is 11.4. The van der Waals surface area contributed by atoms with Crippen molar-refractivity contribution in [2.24, 2.45) is 5.92 Å². The highest BCUT2D eigenvalue weighted by Gasteiger charge is 2.17. The van der Waals surface area contributed by atoms with Gasteiger partial charge < -0.3 is 19.5 Å². The third-order valence-corrected chi connectivity index (χ3v) is 6.32. The first-order valence-electron chi connectivity index (χ1n) is 11.4. The minimum absolute atomic E-state index is 0.292. The Labute approximate surface area is 175 Å². The second-order valence-electron chi connectivity index (χ2n) is 8.42. The van der Waals surface area contributed by atoms with Gasteiger partial charge in [0.15, 0.2) is 5.75 Å². The highest BCUT2D eigenvalue weighted by atomic mass is 16.6. The summed E-state index contributed by atoms with van der Waals surface area (Å²) in [7, 11) is 2.21. The van der Waals surface area contributed by atoms with Crippen molar-refractivity contribution in [1.82, 2.24) is 14.8 Å². The summed E-state index contributed by atoms with van der Waals surface area (Å²) in [5.74, 6) is 1.50. The lowest BCUT2D eigenvalue weighted by atomic mass is 9.96. The summed E-state index contributed by atoms with van der Waals surface area (Å²) >= 11 is 0. The molecule has 1 saturated carbocycles. The number of para-hydroxylation sites is 1. The van der Waals surface area contributed by atoms with Crippen LogP contribution in [0.1, 0.15) is 64.4 Å². The molecular weight excluding hydrogens is 362 g/mol. The Hall–Kier alpha value is -2.01. The molecule has 1 aliphatic rings. The van der Waals surface area contributed by atoms with Crippen LogP contribution < -0.4 is 4.74 Å². The molecule has 1 fully saturated rings. The number of nitrogens with zero attached hydrogens (tertiary/aromatic N) is 2. The number of H-pyrrole nitrogens is 1. The van der Waals surface area contributed by atoms with E-state index in [1.165, 1.54) is 50.5 Å². The van der Waals surface area contributed by atoms with Gasteiger partial charge in [0.1, 0.15) is 0 Å². The number of carbonyl (C=O) groups is 1. The van der Waals surface area contributed by atoms with E-state index in [0.29, 0.717) is 18.8 Å². The number of aromatic nitrogens is 1. The Morgan fingerprint density at radius 1 is 1.14 bits per heavy atom. The van der Waals surface area contributed by atoms with Gasteiger partial charge in [0.05, 0.1) is 5.52 Å². The maximum Gasteiger partial charge on any atom is 0.415 e. The molecule has 5 nitrogen and oxygen atoms in total. The molecule has 0 unspecified atom stereocenters. The molecule has 0 atom stereocenters. The molecule has 0 spiro atoms. The molecule has 0 radical (unpaired) electrons. The second kappa shape index (κ2) is 10.7. The summed E-state index contributed by atoms with van der Waals surface area (Å²) in [6.07, 6.45) is 11.5. The van der Waals surface area contributed by atoms with Gasteiger partial charge in [-0.25, -0.2) is 4.79 Å². The van der Waals surface area contributed by atoms with Crippen LogP contribution in [0.5, 0.6) is 5.75 Å². The summed E-state index contributed by atoms with van der Waals surface area (Å²) in [5, 5.41) is 1.14. The van der Waals surface area contributed by atoms with Crippen molar-refractivity contribution in [1.29, 1.82) is 0 Å². The molecule has 3 rings (SSSR count). The lowest BCUT2D eigenvalue weighted by Crippen LogP contribution is -2.33.